The molecule has 0 amide bonds. The van der Waals surface area contributed by atoms with Gasteiger partial charge >= 0.3 is 0 Å². The Kier molecular flexibility index (Phi) is 7.24. The van der Waals surface area contributed by atoms with Crippen molar-refractivity contribution in [1.82, 2.24) is 4.72 Å². The number of nitrogens with one attached hydrogen (secondary N) is 1. The topological polar surface area (TPSA) is 73.9 Å². The molecule has 0 heterocycles. The third-order valence-corrected chi connectivity index (χ3v) is 4.47. The lowest BCUT2D eigenvalue weighted by atomic mass is 10.3. The molecule has 0 fully saturated rings. The summed E-state index contributed by atoms with van der Waals surface area (Å²) in [5.74, 6) is 0.435. The van der Waals surface area contributed by atoms with E-state index in [9.17, 15) is 8.42 Å². The molecule has 0 radical (unpaired) electrons. The van der Waals surface area contributed by atoms with Crippen LogP contribution in [0.3, 0.4) is 0 Å². The molecule has 0 saturated heterocycles. The summed E-state index contributed by atoms with van der Waals surface area (Å²) in [7, 11) is -0.911. The summed E-state index contributed by atoms with van der Waals surface area (Å²) in [4.78, 5) is -0.0114. The number of benzene rings is 1. The lowest BCUT2D eigenvalue weighted by molar-refractivity contribution is 0.146. The maximum Gasteiger partial charge on any atom is 0.244 e. The first-order valence-corrected chi connectivity index (χ1v) is 8.31. The van der Waals surface area contributed by atoms with Crippen LogP contribution in [-0.4, -0.2) is 42.4 Å². The van der Waals surface area contributed by atoms with Gasteiger partial charge in [0, 0.05) is 31.9 Å². The molecule has 0 aliphatic rings. The standard InChI is InChI=1S/C13H20ClNO5S/c1-4-20-7-5-6-15-21(16,17)13-9-11(18-2)10(14)8-12(13)19-3/h8-9,15H,4-7H2,1-3H3. The number of halogens is 1. The molecule has 0 aliphatic carbocycles. The fourth-order valence-electron chi connectivity index (χ4n) is 1.65. The quantitative estimate of drug-likeness (QED) is 0.698. The lowest BCUT2D eigenvalue weighted by Crippen LogP contribution is -2.26. The van der Waals surface area contributed by atoms with Gasteiger partial charge in [-0.2, -0.15) is 0 Å². The van der Waals surface area contributed by atoms with E-state index < -0.39 is 10.0 Å². The smallest absolute Gasteiger partial charge is 0.244 e. The Bertz CT molecular complexity index is 562. The van der Waals surface area contributed by atoms with Gasteiger partial charge < -0.3 is 14.2 Å². The van der Waals surface area contributed by atoms with Crippen molar-refractivity contribution in [2.45, 2.75) is 18.2 Å². The molecule has 1 rings (SSSR count). The molecule has 1 aromatic carbocycles. The molecular weight excluding hydrogens is 318 g/mol. The zero-order chi connectivity index (χ0) is 15.9. The Morgan fingerprint density at radius 3 is 2.43 bits per heavy atom. The predicted molar refractivity (Wildman–Crippen MR) is 80.9 cm³/mol. The summed E-state index contributed by atoms with van der Waals surface area (Å²) >= 11 is 5.96. The van der Waals surface area contributed by atoms with E-state index in [-0.39, 0.29) is 28.0 Å². The van der Waals surface area contributed by atoms with Gasteiger partial charge in [-0.15, -0.1) is 0 Å². The summed E-state index contributed by atoms with van der Waals surface area (Å²) in [5, 5.41) is 0.282. The molecule has 0 atom stereocenters. The van der Waals surface area contributed by atoms with E-state index in [0.717, 1.165) is 0 Å². The van der Waals surface area contributed by atoms with Crippen molar-refractivity contribution < 1.29 is 22.6 Å². The second kappa shape index (κ2) is 8.43. The number of ether oxygens (including phenoxy) is 3. The number of hydrogen-bond donors (Lipinski definition) is 1. The highest BCUT2D eigenvalue weighted by Crippen LogP contribution is 2.34. The predicted octanol–water partition coefficient (Wildman–Crippen LogP) is 2.06. The molecule has 0 unspecified atom stereocenters. The average molecular weight is 338 g/mol. The third kappa shape index (κ3) is 5.03. The van der Waals surface area contributed by atoms with Crippen LogP contribution in [-0.2, 0) is 14.8 Å². The molecule has 0 spiro atoms. The Morgan fingerprint density at radius 1 is 1.19 bits per heavy atom. The van der Waals surface area contributed by atoms with Gasteiger partial charge in [-0.05, 0) is 13.3 Å². The van der Waals surface area contributed by atoms with E-state index in [1.165, 1.54) is 26.4 Å². The van der Waals surface area contributed by atoms with Crippen molar-refractivity contribution in [3.05, 3.63) is 17.2 Å². The highest BCUT2D eigenvalue weighted by molar-refractivity contribution is 7.89. The van der Waals surface area contributed by atoms with Gasteiger partial charge in [0.1, 0.15) is 16.4 Å². The largest absolute Gasteiger partial charge is 0.495 e. The Morgan fingerprint density at radius 2 is 1.86 bits per heavy atom. The summed E-state index contributed by atoms with van der Waals surface area (Å²) in [6.07, 6.45) is 0.583. The Hall–Kier alpha value is -1.02. The van der Waals surface area contributed by atoms with Gasteiger partial charge in [0.25, 0.3) is 0 Å². The van der Waals surface area contributed by atoms with Crippen LogP contribution >= 0.6 is 11.6 Å². The molecule has 120 valence electrons. The molecule has 1 aromatic rings. The second-order valence-electron chi connectivity index (χ2n) is 4.09. The monoisotopic (exact) mass is 337 g/mol. The molecule has 0 aliphatic heterocycles. The zero-order valence-electron chi connectivity index (χ0n) is 12.3. The van der Waals surface area contributed by atoms with Crippen LogP contribution in [0.15, 0.2) is 17.0 Å². The van der Waals surface area contributed by atoms with Crippen molar-refractivity contribution in [3.63, 3.8) is 0 Å². The summed E-state index contributed by atoms with van der Waals surface area (Å²) in [6, 6.07) is 2.75. The van der Waals surface area contributed by atoms with Crippen LogP contribution < -0.4 is 14.2 Å². The van der Waals surface area contributed by atoms with Crippen molar-refractivity contribution in [2.75, 3.05) is 34.0 Å². The van der Waals surface area contributed by atoms with Crippen molar-refractivity contribution in [1.29, 1.82) is 0 Å². The van der Waals surface area contributed by atoms with Gasteiger partial charge in [-0.3, -0.25) is 0 Å². The first-order valence-electron chi connectivity index (χ1n) is 6.45. The number of rotatable bonds is 9. The van der Waals surface area contributed by atoms with Crippen LogP contribution in [0, 0.1) is 0 Å². The number of methoxy groups -OCH3 is 2. The summed E-state index contributed by atoms with van der Waals surface area (Å²) in [5.41, 5.74) is 0. The minimum atomic E-state index is -3.71. The molecule has 1 N–H and O–H groups in total. The molecule has 6 nitrogen and oxygen atoms in total. The second-order valence-corrected chi connectivity index (χ2v) is 6.23. The van der Waals surface area contributed by atoms with E-state index in [2.05, 4.69) is 4.72 Å². The minimum absolute atomic E-state index is 0.0114. The lowest BCUT2D eigenvalue weighted by Gasteiger charge is -2.13. The van der Waals surface area contributed by atoms with Crippen LogP contribution in [0.1, 0.15) is 13.3 Å². The van der Waals surface area contributed by atoms with Crippen molar-refractivity contribution >= 4 is 21.6 Å². The maximum atomic E-state index is 12.3. The summed E-state index contributed by atoms with van der Waals surface area (Å²) < 4.78 is 42.3. The molecule has 0 saturated carbocycles. The Balaban J connectivity index is 2.91. The van der Waals surface area contributed by atoms with Crippen LogP contribution in [0.5, 0.6) is 11.5 Å². The first kappa shape index (κ1) is 18.0. The fraction of sp³-hybridized carbons (Fsp3) is 0.538. The van der Waals surface area contributed by atoms with Gasteiger partial charge in [-0.25, -0.2) is 13.1 Å². The van der Waals surface area contributed by atoms with E-state index in [1.807, 2.05) is 6.92 Å². The zero-order valence-corrected chi connectivity index (χ0v) is 13.9. The number of hydrogen-bond acceptors (Lipinski definition) is 5. The van der Waals surface area contributed by atoms with Gasteiger partial charge in [0.05, 0.1) is 19.2 Å². The van der Waals surface area contributed by atoms with Crippen molar-refractivity contribution in [3.8, 4) is 11.5 Å². The third-order valence-electron chi connectivity index (χ3n) is 2.69. The molecule has 0 aromatic heterocycles. The number of sulfonamides is 1. The van der Waals surface area contributed by atoms with Gasteiger partial charge in [0.2, 0.25) is 10.0 Å². The van der Waals surface area contributed by atoms with E-state index in [4.69, 9.17) is 25.8 Å². The van der Waals surface area contributed by atoms with Crippen LogP contribution in [0.2, 0.25) is 5.02 Å². The van der Waals surface area contributed by atoms with Crippen molar-refractivity contribution in [2.24, 2.45) is 0 Å². The highest BCUT2D eigenvalue weighted by Gasteiger charge is 2.21. The van der Waals surface area contributed by atoms with Crippen LogP contribution in [0.4, 0.5) is 0 Å². The first-order chi connectivity index (χ1) is 9.96. The van der Waals surface area contributed by atoms with E-state index in [1.54, 1.807) is 0 Å². The van der Waals surface area contributed by atoms with E-state index in [0.29, 0.717) is 19.6 Å². The van der Waals surface area contributed by atoms with Crippen LogP contribution in [0.25, 0.3) is 0 Å². The molecule has 21 heavy (non-hydrogen) atoms. The average Bonchev–Trinajstić information content (AvgIpc) is 2.46. The van der Waals surface area contributed by atoms with Gasteiger partial charge in [0.15, 0.2) is 0 Å². The SMILES string of the molecule is CCOCCCNS(=O)(=O)c1cc(OC)c(Cl)cc1OC. The maximum absolute atomic E-state index is 12.3. The molecule has 8 heteroatoms. The minimum Gasteiger partial charge on any atom is -0.495 e. The molecular formula is C13H20ClNO5S. The van der Waals surface area contributed by atoms with E-state index >= 15 is 0 Å². The fourth-order valence-corrected chi connectivity index (χ4v) is 3.11. The highest BCUT2D eigenvalue weighted by atomic mass is 35.5. The summed E-state index contributed by atoms with van der Waals surface area (Å²) in [6.45, 7) is 3.26. The van der Waals surface area contributed by atoms with Gasteiger partial charge in [-0.1, -0.05) is 11.6 Å². The molecule has 0 bridgehead atoms. The normalized spacial score (nSPS) is 11.4. The Labute approximate surface area is 130 Å².